The quantitative estimate of drug-likeness (QED) is 0.529. The minimum atomic E-state index is -0.602. The van der Waals surface area contributed by atoms with E-state index in [1.54, 1.807) is 5.57 Å². The summed E-state index contributed by atoms with van der Waals surface area (Å²) in [5.74, 6) is 2.81. The highest BCUT2D eigenvalue weighted by Gasteiger charge is 2.50. The van der Waals surface area contributed by atoms with E-state index in [-0.39, 0.29) is 0 Å². The van der Waals surface area contributed by atoms with Crippen molar-refractivity contribution in [3.63, 3.8) is 0 Å². The van der Waals surface area contributed by atoms with Crippen LogP contribution in [0.3, 0.4) is 0 Å². The van der Waals surface area contributed by atoms with Crippen LogP contribution in [0.5, 0.6) is 0 Å². The molecule has 162 valence electrons. The van der Waals surface area contributed by atoms with Crippen LogP contribution in [0.2, 0.25) is 0 Å². The maximum Gasteiger partial charge on any atom is 0.0811 e. The average molecular weight is 399 g/mol. The van der Waals surface area contributed by atoms with Gasteiger partial charge in [-0.1, -0.05) is 64.2 Å². The minimum absolute atomic E-state index is 0.396. The standard InChI is InChI=1S/C27H42O2/c1-18(2)8-6-9-19(3)24-13-14-25-21(10-7-15-27(24,25)5)11-12-22-16-23(28)17-26(29)20(22)4/h6,9,11-12,18-19,23-26,28-29H,4,7-8,10,13-17H2,1-3,5H3/b9-6-,21-11+,22-12-/t19-,23-,24-,25+,26-,27-/m1/s1. The lowest BCUT2D eigenvalue weighted by Crippen LogP contribution is -2.35. The third kappa shape index (κ3) is 4.97. The summed E-state index contributed by atoms with van der Waals surface area (Å²) in [5.41, 5.74) is 3.79. The summed E-state index contributed by atoms with van der Waals surface area (Å²) in [4.78, 5) is 0. The summed E-state index contributed by atoms with van der Waals surface area (Å²) in [6.07, 6.45) is 16.9. The SMILES string of the molecule is C=C1/C(=C\C=C2/CCC[C@]3(C)[C@@H]([C@H](C)/C=C\CC(C)C)CC[C@@H]23)C[C@@H](O)C[C@H]1O. The molecule has 2 heteroatoms. The lowest BCUT2D eigenvalue weighted by Gasteiger charge is -2.44. The molecule has 3 saturated carbocycles. The van der Waals surface area contributed by atoms with Gasteiger partial charge in [-0.3, -0.25) is 0 Å². The molecule has 0 heterocycles. The Bertz CT molecular complexity index is 683. The van der Waals surface area contributed by atoms with Crippen LogP contribution in [-0.4, -0.2) is 22.4 Å². The van der Waals surface area contributed by atoms with Gasteiger partial charge in [-0.05, 0) is 85.2 Å². The molecule has 0 aliphatic heterocycles. The van der Waals surface area contributed by atoms with Crippen molar-refractivity contribution in [1.82, 2.24) is 0 Å². The molecule has 3 rings (SSSR count). The summed E-state index contributed by atoms with van der Waals surface area (Å²) >= 11 is 0. The van der Waals surface area contributed by atoms with Crippen molar-refractivity contribution in [1.29, 1.82) is 0 Å². The molecule has 3 aliphatic carbocycles. The molecule has 3 fully saturated rings. The molecular formula is C27H42O2. The van der Waals surface area contributed by atoms with Gasteiger partial charge in [0, 0.05) is 6.42 Å². The first-order chi connectivity index (χ1) is 13.7. The Labute approximate surface area is 178 Å². The van der Waals surface area contributed by atoms with Gasteiger partial charge in [0.1, 0.15) is 0 Å². The fraction of sp³-hybridized carbons (Fsp3) is 0.704. The fourth-order valence-corrected chi connectivity index (χ4v) is 6.31. The molecule has 0 spiro atoms. The molecule has 0 saturated heterocycles. The van der Waals surface area contributed by atoms with Crippen molar-refractivity contribution in [3.8, 4) is 0 Å². The number of aliphatic hydroxyl groups excluding tert-OH is 2. The number of aliphatic hydroxyl groups is 2. The second-order valence-corrected chi connectivity index (χ2v) is 10.6. The molecule has 0 aromatic heterocycles. The zero-order valence-corrected chi connectivity index (χ0v) is 19.0. The largest absolute Gasteiger partial charge is 0.393 e. The summed E-state index contributed by atoms with van der Waals surface area (Å²) < 4.78 is 0. The molecule has 6 atom stereocenters. The highest BCUT2D eigenvalue weighted by molar-refractivity contribution is 5.38. The number of fused-ring (bicyclic) bond motifs is 1. The molecule has 0 amide bonds. The Morgan fingerprint density at radius 1 is 1.17 bits per heavy atom. The second kappa shape index (κ2) is 9.35. The zero-order chi connectivity index (χ0) is 21.2. The Morgan fingerprint density at radius 3 is 2.66 bits per heavy atom. The molecule has 0 radical (unpaired) electrons. The minimum Gasteiger partial charge on any atom is -0.393 e. The van der Waals surface area contributed by atoms with Crippen molar-refractivity contribution in [2.24, 2.45) is 29.1 Å². The first kappa shape index (κ1) is 22.6. The smallest absolute Gasteiger partial charge is 0.0811 e. The van der Waals surface area contributed by atoms with Crippen LogP contribution >= 0.6 is 0 Å². The Hall–Kier alpha value is -1.12. The highest BCUT2D eigenvalue weighted by Crippen LogP contribution is 2.59. The first-order valence-corrected chi connectivity index (χ1v) is 11.8. The van der Waals surface area contributed by atoms with Gasteiger partial charge in [0.05, 0.1) is 12.2 Å². The molecule has 2 nitrogen and oxygen atoms in total. The third-order valence-corrected chi connectivity index (χ3v) is 7.98. The lowest BCUT2D eigenvalue weighted by molar-refractivity contribution is 0.0862. The molecule has 0 aromatic rings. The summed E-state index contributed by atoms with van der Waals surface area (Å²) in [7, 11) is 0. The van der Waals surface area contributed by atoms with Gasteiger partial charge in [-0.15, -0.1) is 0 Å². The Kier molecular flexibility index (Phi) is 7.27. The van der Waals surface area contributed by atoms with E-state index in [2.05, 4.69) is 58.6 Å². The van der Waals surface area contributed by atoms with Gasteiger partial charge in [0.2, 0.25) is 0 Å². The van der Waals surface area contributed by atoms with E-state index in [4.69, 9.17) is 0 Å². The second-order valence-electron chi connectivity index (χ2n) is 10.6. The fourth-order valence-electron chi connectivity index (χ4n) is 6.31. The monoisotopic (exact) mass is 398 g/mol. The van der Waals surface area contributed by atoms with Gasteiger partial charge in [0.15, 0.2) is 0 Å². The normalized spacial score (nSPS) is 39.6. The highest BCUT2D eigenvalue weighted by atomic mass is 16.3. The Morgan fingerprint density at radius 2 is 1.93 bits per heavy atom. The average Bonchev–Trinajstić information content (AvgIpc) is 3.00. The van der Waals surface area contributed by atoms with Gasteiger partial charge in [-0.2, -0.15) is 0 Å². The van der Waals surface area contributed by atoms with Gasteiger partial charge >= 0.3 is 0 Å². The molecule has 3 aliphatic rings. The first-order valence-electron chi connectivity index (χ1n) is 11.8. The van der Waals surface area contributed by atoms with Crippen LogP contribution in [0.25, 0.3) is 0 Å². The lowest BCUT2D eigenvalue weighted by atomic mass is 9.61. The van der Waals surface area contributed by atoms with Gasteiger partial charge < -0.3 is 10.2 Å². The predicted octanol–water partition coefficient (Wildman–Crippen LogP) is 6.37. The van der Waals surface area contributed by atoms with Crippen LogP contribution in [-0.2, 0) is 0 Å². The van der Waals surface area contributed by atoms with E-state index < -0.39 is 12.2 Å². The maximum absolute atomic E-state index is 10.1. The van der Waals surface area contributed by atoms with Crippen molar-refractivity contribution >= 4 is 0 Å². The molecular weight excluding hydrogens is 356 g/mol. The van der Waals surface area contributed by atoms with Crippen LogP contribution < -0.4 is 0 Å². The number of hydrogen-bond acceptors (Lipinski definition) is 2. The van der Waals surface area contributed by atoms with E-state index in [0.29, 0.717) is 30.1 Å². The molecule has 0 bridgehead atoms. The number of rotatable bonds is 5. The third-order valence-electron chi connectivity index (χ3n) is 7.98. The van der Waals surface area contributed by atoms with E-state index in [0.717, 1.165) is 23.0 Å². The molecule has 2 N–H and O–H groups in total. The van der Waals surface area contributed by atoms with Crippen molar-refractivity contribution in [3.05, 3.63) is 47.6 Å². The van der Waals surface area contributed by atoms with E-state index in [1.165, 1.54) is 38.5 Å². The molecule has 0 aromatic carbocycles. The van der Waals surface area contributed by atoms with Gasteiger partial charge in [0.25, 0.3) is 0 Å². The van der Waals surface area contributed by atoms with E-state index >= 15 is 0 Å². The number of hydrogen-bond donors (Lipinski definition) is 2. The molecule has 29 heavy (non-hydrogen) atoms. The zero-order valence-electron chi connectivity index (χ0n) is 19.0. The summed E-state index contributed by atoms with van der Waals surface area (Å²) in [6.45, 7) is 13.6. The van der Waals surface area contributed by atoms with Crippen LogP contribution in [0.4, 0.5) is 0 Å². The van der Waals surface area contributed by atoms with Crippen molar-refractivity contribution in [2.75, 3.05) is 0 Å². The summed E-state index contributed by atoms with van der Waals surface area (Å²) in [6, 6.07) is 0. The van der Waals surface area contributed by atoms with E-state index in [1.807, 2.05) is 0 Å². The van der Waals surface area contributed by atoms with Crippen LogP contribution in [0.1, 0.15) is 79.1 Å². The van der Waals surface area contributed by atoms with Crippen LogP contribution in [0.15, 0.2) is 47.6 Å². The van der Waals surface area contributed by atoms with Crippen molar-refractivity contribution < 1.29 is 10.2 Å². The van der Waals surface area contributed by atoms with Crippen LogP contribution in [0, 0.1) is 29.1 Å². The topological polar surface area (TPSA) is 40.5 Å². The predicted molar refractivity (Wildman–Crippen MR) is 122 cm³/mol. The van der Waals surface area contributed by atoms with Crippen molar-refractivity contribution in [2.45, 2.75) is 91.3 Å². The van der Waals surface area contributed by atoms with E-state index in [9.17, 15) is 10.2 Å². The number of allylic oxidation sites excluding steroid dienone is 5. The molecule has 0 unspecified atom stereocenters. The summed E-state index contributed by atoms with van der Waals surface area (Å²) in [5, 5.41) is 20.1. The Balaban J connectivity index is 1.75. The maximum atomic E-state index is 10.1. The van der Waals surface area contributed by atoms with Gasteiger partial charge in [-0.25, -0.2) is 0 Å².